The Labute approximate surface area is 155 Å². The number of carbonyl (C=O) groups is 1. The van der Waals surface area contributed by atoms with E-state index in [-0.39, 0.29) is 16.4 Å². The van der Waals surface area contributed by atoms with E-state index in [1.165, 1.54) is 18.1 Å². The van der Waals surface area contributed by atoms with Gasteiger partial charge in [0.1, 0.15) is 10.5 Å². The van der Waals surface area contributed by atoms with E-state index in [4.69, 9.17) is 16.3 Å². The highest BCUT2D eigenvalue weighted by Gasteiger charge is 2.18. The van der Waals surface area contributed by atoms with Crippen LogP contribution in [0.4, 0.5) is 0 Å². The average Bonchev–Trinajstić information content (AvgIpc) is 3.08. The molecule has 136 valence electrons. The van der Waals surface area contributed by atoms with Crippen molar-refractivity contribution < 1.29 is 9.53 Å². The van der Waals surface area contributed by atoms with Gasteiger partial charge in [0.25, 0.3) is 0 Å². The zero-order valence-electron chi connectivity index (χ0n) is 14.0. The van der Waals surface area contributed by atoms with Crippen LogP contribution in [-0.2, 0) is 9.53 Å². The first-order valence-corrected chi connectivity index (χ1v) is 9.50. The molecule has 1 amide bonds. The fraction of sp³-hybridized carbons (Fsp3) is 0.600. The number of rotatable bonds is 7. The molecule has 1 aliphatic rings. The molecule has 10 heteroatoms. The summed E-state index contributed by atoms with van der Waals surface area (Å²) in [5.74, 6) is -0.0191. The lowest BCUT2D eigenvalue weighted by Crippen LogP contribution is -2.38. The molecule has 0 aliphatic carbocycles. The van der Waals surface area contributed by atoms with Gasteiger partial charge in [-0.1, -0.05) is 11.8 Å². The van der Waals surface area contributed by atoms with Crippen molar-refractivity contribution in [1.29, 1.82) is 0 Å². The standard InChI is InChI=1S/C15H21ClN6O2S/c1-10(13(23)17-3-2-4-22-5-7-24-8-6-22)25-14-11-12(19-9-18-11)20-15(16)21-14/h9-10H,2-8H2,1H3,(H,17,23)(H,18,19,20,21). The van der Waals surface area contributed by atoms with Crippen LogP contribution in [0, 0.1) is 0 Å². The van der Waals surface area contributed by atoms with Crippen LogP contribution in [0.25, 0.3) is 11.2 Å². The maximum Gasteiger partial charge on any atom is 0.233 e. The highest BCUT2D eigenvalue weighted by molar-refractivity contribution is 8.00. The second-order valence-corrected chi connectivity index (χ2v) is 7.43. The van der Waals surface area contributed by atoms with Crippen molar-refractivity contribution in [3.8, 4) is 0 Å². The Kier molecular flexibility index (Phi) is 6.46. The second-order valence-electron chi connectivity index (χ2n) is 5.76. The number of imidazole rings is 1. The third-order valence-electron chi connectivity index (χ3n) is 3.94. The van der Waals surface area contributed by atoms with Crippen molar-refractivity contribution in [1.82, 2.24) is 30.2 Å². The predicted molar refractivity (Wildman–Crippen MR) is 96.9 cm³/mol. The number of amides is 1. The minimum atomic E-state index is -0.291. The number of ether oxygens (including phenoxy) is 1. The van der Waals surface area contributed by atoms with E-state index >= 15 is 0 Å². The van der Waals surface area contributed by atoms with E-state index in [9.17, 15) is 4.79 Å². The van der Waals surface area contributed by atoms with Crippen LogP contribution in [0.3, 0.4) is 0 Å². The van der Waals surface area contributed by atoms with Gasteiger partial charge >= 0.3 is 0 Å². The van der Waals surface area contributed by atoms with Crippen LogP contribution in [0.2, 0.25) is 5.28 Å². The first-order valence-electron chi connectivity index (χ1n) is 8.24. The molecule has 2 aromatic rings. The Bertz CT molecular complexity index is 721. The number of carbonyl (C=O) groups excluding carboxylic acids is 1. The van der Waals surface area contributed by atoms with Crippen LogP contribution >= 0.6 is 23.4 Å². The van der Waals surface area contributed by atoms with Crippen molar-refractivity contribution in [2.45, 2.75) is 23.6 Å². The molecule has 3 heterocycles. The van der Waals surface area contributed by atoms with Crippen molar-refractivity contribution in [2.75, 3.05) is 39.4 Å². The molecule has 0 bridgehead atoms. The lowest BCUT2D eigenvalue weighted by molar-refractivity contribution is -0.120. The summed E-state index contributed by atoms with van der Waals surface area (Å²) < 4.78 is 5.32. The van der Waals surface area contributed by atoms with Crippen LogP contribution in [0.1, 0.15) is 13.3 Å². The van der Waals surface area contributed by atoms with Crippen LogP contribution in [0.5, 0.6) is 0 Å². The van der Waals surface area contributed by atoms with Gasteiger partial charge < -0.3 is 15.0 Å². The topological polar surface area (TPSA) is 96.0 Å². The highest BCUT2D eigenvalue weighted by atomic mass is 35.5. The maximum absolute atomic E-state index is 12.3. The fourth-order valence-electron chi connectivity index (χ4n) is 2.57. The number of hydrogen-bond donors (Lipinski definition) is 2. The Morgan fingerprint density at radius 1 is 1.48 bits per heavy atom. The number of fused-ring (bicyclic) bond motifs is 1. The van der Waals surface area contributed by atoms with E-state index in [2.05, 4.69) is 30.2 Å². The summed E-state index contributed by atoms with van der Waals surface area (Å²) in [6, 6.07) is 0. The minimum absolute atomic E-state index is 0.0191. The van der Waals surface area contributed by atoms with Gasteiger partial charge in [-0.05, 0) is 31.5 Å². The van der Waals surface area contributed by atoms with Gasteiger partial charge in [0, 0.05) is 19.6 Å². The van der Waals surface area contributed by atoms with Crippen LogP contribution in [-0.4, -0.2) is 75.4 Å². The van der Waals surface area contributed by atoms with E-state index in [0.717, 1.165) is 39.3 Å². The molecule has 0 saturated carbocycles. The summed E-state index contributed by atoms with van der Waals surface area (Å²) in [5.41, 5.74) is 1.20. The number of hydrogen-bond acceptors (Lipinski definition) is 7. The van der Waals surface area contributed by atoms with Gasteiger partial charge in [0.2, 0.25) is 11.2 Å². The van der Waals surface area contributed by atoms with Crippen molar-refractivity contribution in [3.63, 3.8) is 0 Å². The summed E-state index contributed by atoms with van der Waals surface area (Å²) in [7, 11) is 0. The molecule has 0 spiro atoms. The summed E-state index contributed by atoms with van der Waals surface area (Å²) >= 11 is 7.26. The third kappa shape index (κ3) is 5.04. The molecule has 8 nitrogen and oxygen atoms in total. The Morgan fingerprint density at radius 2 is 2.28 bits per heavy atom. The van der Waals surface area contributed by atoms with Crippen LogP contribution < -0.4 is 5.32 Å². The Morgan fingerprint density at radius 3 is 3.08 bits per heavy atom. The lowest BCUT2D eigenvalue weighted by Gasteiger charge is -2.26. The molecular formula is C15H21ClN6O2S. The van der Waals surface area contributed by atoms with Crippen molar-refractivity contribution in [3.05, 3.63) is 11.6 Å². The SMILES string of the molecule is CC(Sc1nc(Cl)nc2nc[nH]c12)C(=O)NCCCN1CCOCC1. The Hall–Kier alpha value is -1.42. The average molecular weight is 385 g/mol. The normalized spacial score (nSPS) is 16.9. The van der Waals surface area contributed by atoms with E-state index < -0.39 is 0 Å². The number of aromatic nitrogens is 4. The molecule has 1 saturated heterocycles. The molecule has 1 aliphatic heterocycles. The van der Waals surface area contributed by atoms with E-state index in [0.29, 0.717) is 22.7 Å². The second kappa shape index (κ2) is 8.79. The fourth-order valence-corrected chi connectivity index (χ4v) is 3.72. The molecular weight excluding hydrogens is 364 g/mol. The molecule has 0 radical (unpaired) electrons. The Balaban J connectivity index is 1.46. The molecule has 1 unspecified atom stereocenters. The number of nitrogens with one attached hydrogen (secondary N) is 2. The van der Waals surface area contributed by atoms with Crippen molar-refractivity contribution >= 4 is 40.4 Å². The smallest absolute Gasteiger partial charge is 0.233 e. The van der Waals surface area contributed by atoms with Gasteiger partial charge in [0.05, 0.1) is 24.8 Å². The zero-order chi connectivity index (χ0) is 17.6. The minimum Gasteiger partial charge on any atom is -0.379 e. The van der Waals surface area contributed by atoms with Gasteiger partial charge in [-0.25, -0.2) is 9.97 Å². The van der Waals surface area contributed by atoms with E-state index in [1.807, 2.05) is 6.92 Å². The van der Waals surface area contributed by atoms with Crippen LogP contribution in [0.15, 0.2) is 11.4 Å². The number of morpholine rings is 1. The number of halogens is 1. The number of nitrogens with zero attached hydrogens (tertiary/aromatic N) is 4. The molecule has 25 heavy (non-hydrogen) atoms. The van der Waals surface area contributed by atoms with E-state index in [1.54, 1.807) is 0 Å². The van der Waals surface area contributed by atoms with Gasteiger partial charge in [-0.15, -0.1) is 0 Å². The molecule has 1 atom stereocenters. The first kappa shape index (κ1) is 18.4. The van der Waals surface area contributed by atoms with Gasteiger partial charge in [0.15, 0.2) is 5.65 Å². The zero-order valence-corrected chi connectivity index (χ0v) is 15.6. The first-order chi connectivity index (χ1) is 12.1. The maximum atomic E-state index is 12.3. The summed E-state index contributed by atoms with van der Waals surface area (Å²) in [6.07, 6.45) is 2.46. The summed E-state index contributed by atoms with van der Waals surface area (Å²) in [6.45, 7) is 7.00. The highest BCUT2D eigenvalue weighted by Crippen LogP contribution is 2.27. The molecule has 2 N–H and O–H groups in total. The number of aromatic amines is 1. The van der Waals surface area contributed by atoms with Gasteiger partial charge in [-0.2, -0.15) is 4.98 Å². The van der Waals surface area contributed by atoms with Gasteiger partial charge in [-0.3, -0.25) is 9.69 Å². The third-order valence-corrected chi connectivity index (χ3v) is 5.19. The molecule has 1 fully saturated rings. The molecule has 2 aromatic heterocycles. The quantitative estimate of drug-likeness (QED) is 0.321. The number of thioether (sulfide) groups is 1. The lowest BCUT2D eigenvalue weighted by atomic mass is 10.3. The summed E-state index contributed by atoms with van der Waals surface area (Å²) in [5, 5.41) is 3.44. The molecule has 3 rings (SSSR count). The molecule has 0 aromatic carbocycles. The van der Waals surface area contributed by atoms with Crippen molar-refractivity contribution in [2.24, 2.45) is 0 Å². The largest absolute Gasteiger partial charge is 0.379 e. The predicted octanol–water partition coefficient (Wildman–Crippen LogP) is 1.33. The summed E-state index contributed by atoms with van der Waals surface area (Å²) in [4.78, 5) is 29.9. The number of H-pyrrole nitrogens is 1. The monoisotopic (exact) mass is 384 g/mol.